The summed E-state index contributed by atoms with van der Waals surface area (Å²) in [5.74, 6) is 1.40. The maximum absolute atomic E-state index is 13.2. The molecule has 0 saturated heterocycles. The van der Waals surface area contributed by atoms with Crippen molar-refractivity contribution in [3.8, 4) is 22.8 Å². The van der Waals surface area contributed by atoms with Crippen LogP contribution in [-0.4, -0.2) is 25.4 Å². The molecule has 178 valence electrons. The van der Waals surface area contributed by atoms with E-state index in [2.05, 4.69) is 21.8 Å². The van der Waals surface area contributed by atoms with Crippen LogP contribution < -0.4 is 9.46 Å². The largest absolute Gasteiger partial charge is 0.457 e. The van der Waals surface area contributed by atoms with E-state index >= 15 is 0 Å². The van der Waals surface area contributed by atoms with Crippen molar-refractivity contribution in [3.63, 3.8) is 0 Å². The molecule has 35 heavy (non-hydrogen) atoms. The molecule has 3 aromatic carbocycles. The van der Waals surface area contributed by atoms with E-state index in [0.717, 1.165) is 34.3 Å². The van der Waals surface area contributed by atoms with E-state index in [9.17, 15) is 13.2 Å². The van der Waals surface area contributed by atoms with Gasteiger partial charge in [-0.3, -0.25) is 9.52 Å². The molecule has 6 nitrogen and oxygen atoms in total. The van der Waals surface area contributed by atoms with E-state index in [1.165, 1.54) is 0 Å². The number of sulfonamides is 1. The van der Waals surface area contributed by atoms with Crippen molar-refractivity contribution in [3.05, 3.63) is 101 Å². The number of para-hydroxylation sites is 1. The number of nitrogens with one attached hydrogen (secondary N) is 2. The quantitative estimate of drug-likeness (QED) is 0.346. The Morgan fingerprint density at radius 3 is 2.31 bits per heavy atom. The number of aromatic nitrogens is 1. The number of aromatic amines is 1. The van der Waals surface area contributed by atoms with Crippen molar-refractivity contribution in [2.24, 2.45) is 0 Å². The molecule has 1 atom stereocenters. The zero-order valence-electron chi connectivity index (χ0n) is 19.5. The standard InChI is InChI=1S/C28H26N2O4S/c1-18-27-24(15-20(16-25(27)31)19-9-5-3-6-10-19)28(29-18)23-17-21(30-35(2,32)33)13-14-26(23)34-22-11-7-4-8-12-22/h3-14,17,20,29-30H,15-16H2,1-2H3. The molecule has 1 aliphatic carbocycles. The summed E-state index contributed by atoms with van der Waals surface area (Å²) < 4.78 is 32.6. The SMILES string of the molecule is Cc1[nH]c(-c2cc(NS(C)(=O)=O)ccc2Oc2ccccc2)c2c1C(=O)CC(c1ccccc1)C2. The van der Waals surface area contributed by atoms with Gasteiger partial charge < -0.3 is 9.72 Å². The lowest BCUT2D eigenvalue weighted by Crippen LogP contribution is -2.18. The molecule has 4 aromatic rings. The van der Waals surface area contributed by atoms with Crippen molar-refractivity contribution in [1.82, 2.24) is 4.98 Å². The van der Waals surface area contributed by atoms with Crippen molar-refractivity contribution in [1.29, 1.82) is 0 Å². The summed E-state index contributed by atoms with van der Waals surface area (Å²) in [5, 5.41) is 0. The number of H-pyrrole nitrogens is 1. The molecule has 1 heterocycles. The van der Waals surface area contributed by atoms with Gasteiger partial charge in [0.1, 0.15) is 11.5 Å². The Hall–Kier alpha value is -3.84. The van der Waals surface area contributed by atoms with E-state index in [1.54, 1.807) is 18.2 Å². The number of rotatable bonds is 6. The van der Waals surface area contributed by atoms with Gasteiger partial charge in [-0.1, -0.05) is 48.5 Å². The summed E-state index contributed by atoms with van der Waals surface area (Å²) in [6, 6.07) is 24.6. The number of carbonyl (C=O) groups excluding carboxylic acids is 1. The van der Waals surface area contributed by atoms with E-state index in [-0.39, 0.29) is 11.7 Å². The second-order valence-electron chi connectivity index (χ2n) is 8.92. The van der Waals surface area contributed by atoms with E-state index in [0.29, 0.717) is 35.6 Å². The van der Waals surface area contributed by atoms with Gasteiger partial charge in [0.25, 0.3) is 0 Å². The Balaban J connectivity index is 1.64. The molecule has 1 unspecified atom stereocenters. The molecule has 0 bridgehead atoms. The molecule has 1 aliphatic rings. The number of benzene rings is 3. The molecule has 1 aromatic heterocycles. The molecule has 0 aliphatic heterocycles. The summed E-state index contributed by atoms with van der Waals surface area (Å²) in [4.78, 5) is 16.6. The monoisotopic (exact) mass is 486 g/mol. The van der Waals surface area contributed by atoms with Crippen molar-refractivity contribution in [2.75, 3.05) is 11.0 Å². The number of aryl methyl sites for hydroxylation is 1. The van der Waals surface area contributed by atoms with Crippen LogP contribution in [-0.2, 0) is 16.4 Å². The number of anilines is 1. The number of ether oxygens (including phenoxy) is 1. The summed E-state index contributed by atoms with van der Waals surface area (Å²) >= 11 is 0. The Morgan fingerprint density at radius 2 is 1.63 bits per heavy atom. The topological polar surface area (TPSA) is 88.3 Å². The highest BCUT2D eigenvalue weighted by Crippen LogP contribution is 2.43. The first-order valence-electron chi connectivity index (χ1n) is 11.4. The fourth-order valence-corrected chi connectivity index (χ4v) is 5.36. The first-order valence-corrected chi connectivity index (χ1v) is 13.3. The molecule has 2 N–H and O–H groups in total. The van der Waals surface area contributed by atoms with Crippen LogP contribution in [0.15, 0.2) is 78.9 Å². The molecule has 0 spiro atoms. The van der Waals surface area contributed by atoms with Gasteiger partial charge >= 0.3 is 0 Å². The van der Waals surface area contributed by atoms with Gasteiger partial charge in [-0.05, 0) is 60.7 Å². The summed E-state index contributed by atoms with van der Waals surface area (Å²) in [5.41, 5.74) is 5.47. The number of Topliss-reactive ketones (excluding diaryl/α,β-unsaturated/α-hetero) is 1. The second kappa shape index (κ2) is 9.07. The predicted molar refractivity (Wildman–Crippen MR) is 138 cm³/mol. The van der Waals surface area contributed by atoms with Gasteiger partial charge in [-0.25, -0.2) is 8.42 Å². The molecular formula is C28H26N2O4S. The minimum Gasteiger partial charge on any atom is -0.457 e. The zero-order chi connectivity index (χ0) is 24.6. The fraction of sp³-hybridized carbons (Fsp3) is 0.179. The molecule has 7 heteroatoms. The molecule has 0 radical (unpaired) electrons. The third-order valence-electron chi connectivity index (χ3n) is 6.25. The third kappa shape index (κ3) is 4.86. The first kappa shape index (κ1) is 22.9. The predicted octanol–water partition coefficient (Wildman–Crippen LogP) is 6.07. The van der Waals surface area contributed by atoms with Crippen LogP contribution in [0.25, 0.3) is 11.3 Å². The number of fused-ring (bicyclic) bond motifs is 1. The highest BCUT2D eigenvalue weighted by atomic mass is 32.2. The lowest BCUT2D eigenvalue weighted by Gasteiger charge is -2.23. The van der Waals surface area contributed by atoms with Crippen molar-refractivity contribution < 1.29 is 17.9 Å². The van der Waals surface area contributed by atoms with Gasteiger partial charge in [-0.15, -0.1) is 0 Å². The summed E-state index contributed by atoms with van der Waals surface area (Å²) in [6.45, 7) is 1.90. The normalized spacial score (nSPS) is 15.5. The minimum atomic E-state index is -3.47. The van der Waals surface area contributed by atoms with Crippen LogP contribution in [0, 0.1) is 6.92 Å². The molecule has 0 saturated carbocycles. The molecule has 0 amide bonds. The lowest BCUT2D eigenvalue weighted by atomic mass is 9.79. The van der Waals surface area contributed by atoms with Gasteiger partial charge in [0, 0.05) is 28.9 Å². The maximum atomic E-state index is 13.2. The van der Waals surface area contributed by atoms with Crippen LogP contribution in [0.4, 0.5) is 5.69 Å². The Morgan fingerprint density at radius 1 is 0.943 bits per heavy atom. The summed E-state index contributed by atoms with van der Waals surface area (Å²) in [7, 11) is -3.47. The maximum Gasteiger partial charge on any atom is 0.229 e. The Labute approximate surface area is 205 Å². The second-order valence-corrected chi connectivity index (χ2v) is 10.7. The molecule has 5 rings (SSSR count). The van der Waals surface area contributed by atoms with Crippen LogP contribution >= 0.6 is 0 Å². The first-order chi connectivity index (χ1) is 16.8. The molecule has 0 fully saturated rings. The van der Waals surface area contributed by atoms with Gasteiger partial charge in [0.15, 0.2) is 5.78 Å². The fourth-order valence-electron chi connectivity index (χ4n) is 4.80. The third-order valence-corrected chi connectivity index (χ3v) is 6.85. The van der Waals surface area contributed by atoms with Gasteiger partial charge in [0.05, 0.1) is 11.9 Å². The summed E-state index contributed by atoms with van der Waals surface area (Å²) in [6.07, 6.45) is 2.27. The smallest absolute Gasteiger partial charge is 0.229 e. The van der Waals surface area contributed by atoms with Crippen LogP contribution in [0.3, 0.4) is 0 Å². The number of hydrogen-bond donors (Lipinski definition) is 2. The average Bonchev–Trinajstić information content (AvgIpc) is 3.17. The van der Waals surface area contributed by atoms with Gasteiger partial charge in [-0.2, -0.15) is 0 Å². The minimum absolute atomic E-state index is 0.0703. The average molecular weight is 487 g/mol. The number of carbonyl (C=O) groups is 1. The lowest BCUT2D eigenvalue weighted by molar-refractivity contribution is 0.0964. The van der Waals surface area contributed by atoms with Gasteiger partial charge in [0.2, 0.25) is 10.0 Å². The van der Waals surface area contributed by atoms with Crippen molar-refractivity contribution in [2.45, 2.75) is 25.7 Å². The zero-order valence-corrected chi connectivity index (χ0v) is 20.4. The number of ketones is 1. The van der Waals surface area contributed by atoms with Crippen LogP contribution in [0.2, 0.25) is 0 Å². The Bertz CT molecular complexity index is 1490. The Kier molecular flexibility index (Phi) is 5.94. The van der Waals surface area contributed by atoms with Crippen molar-refractivity contribution >= 4 is 21.5 Å². The van der Waals surface area contributed by atoms with E-state index < -0.39 is 10.0 Å². The van der Waals surface area contributed by atoms with Crippen LogP contribution in [0.1, 0.15) is 39.5 Å². The van der Waals surface area contributed by atoms with E-state index in [1.807, 2.05) is 55.5 Å². The number of hydrogen-bond acceptors (Lipinski definition) is 4. The van der Waals surface area contributed by atoms with E-state index in [4.69, 9.17) is 4.74 Å². The highest BCUT2D eigenvalue weighted by molar-refractivity contribution is 7.92. The molecular weight excluding hydrogens is 460 g/mol. The highest BCUT2D eigenvalue weighted by Gasteiger charge is 2.32. The van der Waals surface area contributed by atoms with Crippen LogP contribution in [0.5, 0.6) is 11.5 Å².